The van der Waals surface area contributed by atoms with Crippen molar-refractivity contribution in [3.63, 3.8) is 0 Å². The van der Waals surface area contributed by atoms with E-state index in [-0.39, 0.29) is 29.9 Å². The Kier molecular flexibility index (Phi) is 6.88. The molecule has 0 radical (unpaired) electrons. The normalized spacial score (nSPS) is 18.0. The Balaban J connectivity index is 1.33. The van der Waals surface area contributed by atoms with E-state index in [2.05, 4.69) is 20.8 Å². The van der Waals surface area contributed by atoms with Crippen LogP contribution >= 0.6 is 11.6 Å². The molecule has 172 valence electrons. The van der Waals surface area contributed by atoms with E-state index in [9.17, 15) is 14.0 Å². The standard InChI is InChI=1S/C23H22ClFN4O4/c24-16-7-10-18(25)19(12-16)27-23-29-28-22(33-23)21(32)26-17-8-5-15(6-9-17)14-3-1-13(2-4-14)11-20(30)31/h5-10,12-14H,1-4,11H2,(H,26,32)(H,27,29)(H,30,31). The van der Waals surface area contributed by atoms with Crippen LogP contribution in [-0.4, -0.2) is 27.2 Å². The summed E-state index contributed by atoms with van der Waals surface area (Å²) in [6.07, 6.45) is 3.95. The number of amides is 1. The first-order valence-electron chi connectivity index (χ1n) is 10.6. The van der Waals surface area contributed by atoms with Crippen molar-refractivity contribution in [3.05, 3.63) is 64.8 Å². The lowest BCUT2D eigenvalue weighted by Crippen LogP contribution is -2.16. The van der Waals surface area contributed by atoms with Gasteiger partial charge in [-0.1, -0.05) is 28.8 Å². The predicted molar refractivity (Wildman–Crippen MR) is 120 cm³/mol. The molecule has 0 saturated heterocycles. The second-order valence-corrected chi connectivity index (χ2v) is 8.49. The number of carbonyl (C=O) groups is 2. The molecule has 0 unspecified atom stereocenters. The van der Waals surface area contributed by atoms with Crippen molar-refractivity contribution in [2.24, 2.45) is 5.92 Å². The molecular formula is C23H22ClFN4O4. The molecule has 1 aliphatic carbocycles. The van der Waals surface area contributed by atoms with E-state index in [0.717, 1.165) is 31.2 Å². The molecule has 4 rings (SSSR count). The summed E-state index contributed by atoms with van der Waals surface area (Å²) in [6.45, 7) is 0. The molecule has 3 aromatic rings. The van der Waals surface area contributed by atoms with Crippen molar-refractivity contribution in [1.82, 2.24) is 10.2 Å². The maximum absolute atomic E-state index is 13.8. The third-order valence-electron chi connectivity index (χ3n) is 5.74. The minimum absolute atomic E-state index is 0.0469. The molecule has 1 saturated carbocycles. The number of carboxylic acids is 1. The predicted octanol–water partition coefficient (Wildman–Crippen LogP) is 5.61. The van der Waals surface area contributed by atoms with Crippen molar-refractivity contribution >= 4 is 40.9 Å². The first-order chi connectivity index (χ1) is 15.9. The zero-order valence-electron chi connectivity index (χ0n) is 17.6. The number of hydrogen-bond acceptors (Lipinski definition) is 6. The molecule has 0 aliphatic heterocycles. The molecule has 1 amide bonds. The molecule has 3 N–H and O–H groups in total. The van der Waals surface area contributed by atoms with E-state index in [1.807, 2.05) is 12.1 Å². The van der Waals surface area contributed by atoms with Crippen LogP contribution in [0, 0.1) is 11.7 Å². The molecule has 0 bridgehead atoms. The smallest absolute Gasteiger partial charge is 0.320 e. The number of rotatable bonds is 7. The van der Waals surface area contributed by atoms with Gasteiger partial charge in [0, 0.05) is 17.1 Å². The molecule has 1 fully saturated rings. The Bertz CT molecular complexity index is 1140. The summed E-state index contributed by atoms with van der Waals surface area (Å²) < 4.78 is 19.1. The highest BCUT2D eigenvalue weighted by Crippen LogP contribution is 2.37. The molecule has 1 aromatic heterocycles. The van der Waals surface area contributed by atoms with Crippen LogP contribution in [0.5, 0.6) is 0 Å². The molecule has 0 spiro atoms. The van der Waals surface area contributed by atoms with Crippen LogP contribution in [0.4, 0.5) is 21.8 Å². The molecular weight excluding hydrogens is 451 g/mol. The van der Waals surface area contributed by atoms with Gasteiger partial charge < -0.3 is 20.2 Å². The van der Waals surface area contributed by atoms with Gasteiger partial charge in [-0.3, -0.25) is 9.59 Å². The van der Waals surface area contributed by atoms with Gasteiger partial charge in [0.15, 0.2) is 0 Å². The minimum atomic E-state index is -0.737. The highest BCUT2D eigenvalue weighted by Gasteiger charge is 2.24. The Morgan fingerprint density at radius 2 is 1.82 bits per heavy atom. The van der Waals surface area contributed by atoms with Gasteiger partial charge in [0.25, 0.3) is 0 Å². The van der Waals surface area contributed by atoms with Gasteiger partial charge in [-0.05, 0) is 73.4 Å². The number of nitrogens with zero attached hydrogens (tertiary/aromatic N) is 2. The Morgan fingerprint density at radius 3 is 2.52 bits per heavy atom. The third kappa shape index (κ3) is 5.87. The van der Waals surface area contributed by atoms with Gasteiger partial charge in [0.1, 0.15) is 5.82 Å². The first kappa shape index (κ1) is 22.7. The van der Waals surface area contributed by atoms with Gasteiger partial charge in [-0.25, -0.2) is 4.39 Å². The zero-order chi connectivity index (χ0) is 23.4. The molecule has 1 aliphatic rings. The van der Waals surface area contributed by atoms with Crippen LogP contribution in [0.2, 0.25) is 5.02 Å². The lowest BCUT2D eigenvalue weighted by molar-refractivity contribution is -0.138. The van der Waals surface area contributed by atoms with Gasteiger partial charge in [0.2, 0.25) is 0 Å². The van der Waals surface area contributed by atoms with Crippen molar-refractivity contribution in [1.29, 1.82) is 0 Å². The number of hydrogen-bond donors (Lipinski definition) is 3. The van der Waals surface area contributed by atoms with Gasteiger partial charge >= 0.3 is 23.8 Å². The largest absolute Gasteiger partial charge is 0.481 e. The van der Waals surface area contributed by atoms with E-state index in [0.29, 0.717) is 16.6 Å². The summed E-state index contributed by atoms with van der Waals surface area (Å²) >= 11 is 5.86. The highest BCUT2D eigenvalue weighted by atomic mass is 35.5. The summed E-state index contributed by atoms with van der Waals surface area (Å²) in [5.41, 5.74) is 1.78. The van der Waals surface area contributed by atoms with Crippen molar-refractivity contribution < 1.29 is 23.5 Å². The average Bonchev–Trinajstić information content (AvgIpc) is 3.26. The average molecular weight is 473 g/mol. The van der Waals surface area contributed by atoms with Crippen LogP contribution < -0.4 is 10.6 Å². The van der Waals surface area contributed by atoms with Crippen LogP contribution in [-0.2, 0) is 4.79 Å². The van der Waals surface area contributed by atoms with E-state index in [4.69, 9.17) is 21.1 Å². The van der Waals surface area contributed by atoms with E-state index in [1.165, 1.54) is 18.2 Å². The SMILES string of the molecule is O=C(O)CC1CCC(c2ccc(NC(=O)c3nnc(Nc4cc(Cl)ccc4F)o3)cc2)CC1. The fraction of sp³-hybridized carbons (Fsp3) is 0.304. The molecule has 0 atom stereocenters. The second kappa shape index (κ2) is 9.99. The fourth-order valence-electron chi connectivity index (χ4n) is 4.04. The summed E-state index contributed by atoms with van der Waals surface area (Å²) in [6, 6.07) is 11.3. The fourth-order valence-corrected chi connectivity index (χ4v) is 4.22. The summed E-state index contributed by atoms with van der Waals surface area (Å²) in [5.74, 6) is -1.53. The number of halogens is 2. The summed E-state index contributed by atoms with van der Waals surface area (Å²) in [4.78, 5) is 23.3. The monoisotopic (exact) mass is 472 g/mol. The maximum Gasteiger partial charge on any atom is 0.320 e. The van der Waals surface area contributed by atoms with E-state index < -0.39 is 17.7 Å². The molecule has 10 heteroatoms. The summed E-state index contributed by atoms with van der Waals surface area (Å²) in [7, 11) is 0. The zero-order valence-corrected chi connectivity index (χ0v) is 18.3. The topological polar surface area (TPSA) is 117 Å². The number of aliphatic carboxylic acids is 1. The Hall–Kier alpha value is -3.46. The molecule has 8 nitrogen and oxygen atoms in total. The first-order valence-corrected chi connectivity index (χ1v) is 10.9. The van der Waals surface area contributed by atoms with E-state index in [1.54, 1.807) is 12.1 Å². The van der Waals surface area contributed by atoms with Gasteiger partial charge in [0.05, 0.1) is 5.69 Å². The molecule has 1 heterocycles. The number of carboxylic acid groups (broad SMARTS) is 1. The van der Waals surface area contributed by atoms with Crippen LogP contribution in [0.25, 0.3) is 0 Å². The quantitative estimate of drug-likeness (QED) is 0.409. The lowest BCUT2D eigenvalue weighted by Gasteiger charge is -2.28. The number of aromatic nitrogens is 2. The minimum Gasteiger partial charge on any atom is -0.481 e. The van der Waals surface area contributed by atoms with Crippen LogP contribution in [0.1, 0.15) is 54.3 Å². The number of nitrogens with one attached hydrogen (secondary N) is 2. The number of anilines is 3. The van der Waals surface area contributed by atoms with Crippen molar-refractivity contribution in [2.45, 2.75) is 38.0 Å². The Morgan fingerprint density at radius 1 is 1.09 bits per heavy atom. The summed E-state index contributed by atoms with van der Waals surface area (Å²) in [5, 5.41) is 22.0. The Labute approximate surface area is 194 Å². The van der Waals surface area contributed by atoms with Gasteiger partial charge in [-0.2, -0.15) is 0 Å². The van der Waals surface area contributed by atoms with Crippen LogP contribution in [0.15, 0.2) is 46.9 Å². The van der Waals surface area contributed by atoms with Gasteiger partial charge in [-0.15, -0.1) is 5.10 Å². The van der Waals surface area contributed by atoms with Crippen molar-refractivity contribution in [2.75, 3.05) is 10.6 Å². The molecule has 2 aromatic carbocycles. The molecule has 33 heavy (non-hydrogen) atoms. The van der Waals surface area contributed by atoms with Crippen molar-refractivity contribution in [3.8, 4) is 0 Å². The number of carbonyl (C=O) groups excluding carboxylic acids is 1. The second-order valence-electron chi connectivity index (χ2n) is 8.05. The highest BCUT2D eigenvalue weighted by molar-refractivity contribution is 6.30. The lowest BCUT2D eigenvalue weighted by atomic mass is 9.77. The van der Waals surface area contributed by atoms with Crippen LogP contribution in [0.3, 0.4) is 0 Å². The number of benzene rings is 2. The van der Waals surface area contributed by atoms with E-state index >= 15 is 0 Å². The third-order valence-corrected chi connectivity index (χ3v) is 5.97. The maximum atomic E-state index is 13.8.